The zero-order valence-electron chi connectivity index (χ0n) is 5.92. The third kappa shape index (κ3) is 1.85. The van der Waals surface area contributed by atoms with Crippen LogP contribution in [0.2, 0.25) is 0 Å². The molecule has 1 aromatic carbocycles. The predicted octanol–water partition coefficient (Wildman–Crippen LogP) is 1.62. The molecule has 0 spiro atoms. The fourth-order valence-electron chi connectivity index (χ4n) is 0.821. The van der Waals surface area contributed by atoms with E-state index in [1.165, 1.54) is 6.07 Å². The Hall–Kier alpha value is -0.730. The van der Waals surface area contributed by atoms with Crippen LogP contribution in [0.4, 0.5) is 0 Å². The van der Waals surface area contributed by atoms with E-state index >= 15 is 0 Å². The molecular weight excluding hydrogens is 164 g/mol. The van der Waals surface area contributed by atoms with Crippen LogP contribution in [-0.2, 0) is 12.5 Å². The van der Waals surface area contributed by atoms with E-state index in [0.717, 1.165) is 0 Å². The molecule has 2 N–H and O–H groups in total. The summed E-state index contributed by atoms with van der Waals surface area (Å²) in [5.41, 5.74) is 1.38. The van der Waals surface area contributed by atoms with Gasteiger partial charge in [0.05, 0.1) is 12.5 Å². The van der Waals surface area contributed by atoms with Gasteiger partial charge in [-0.05, 0) is 11.6 Å². The molecule has 1 rings (SSSR count). The quantitative estimate of drug-likeness (QED) is 0.666. The summed E-state index contributed by atoms with van der Waals surface area (Å²) < 4.78 is 0. The Bertz CT molecular complexity index is 248. The van der Waals surface area contributed by atoms with Gasteiger partial charge in [-0.25, -0.2) is 0 Å². The van der Waals surface area contributed by atoms with Crippen molar-refractivity contribution < 1.29 is 10.2 Å². The van der Waals surface area contributed by atoms with E-state index in [2.05, 4.69) is 0 Å². The van der Waals surface area contributed by atoms with Gasteiger partial charge in [0, 0.05) is 5.56 Å². The maximum absolute atomic E-state index is 9.23. The maximum atomic E-state index is 9.23. The van der Waals surface area contributed by atoms with E-state index in [0.29, 0.717) is 11.1 Å². The first-order valence-electron chi connectivity index (χ1n) is 3.25. The monoisotopic (exact) mass is 172 g/mol. The zero-order chi connectivity index (χ0) is 8.27. The molecule has 0 aliphatic rings. The largest absolute Gasteiger partial charge is 0.508 e. The van der Waals surface area contributed by atoms with Crippen molar-refractivity contribution in [3.05, 3.63) is 29.3 Å². The number of halogens is 1. The number of phenols is 1. The standard InChI is InChI=1S/C8H9ClO2/c9-4-7-2-1-6(5-10)3-8(7)11/h1-3,10-11H,4-5H2. The van der Waals surface area contributed by atoms with Crippen molar-refractivity contribution in [2.45, 2.75) is 12.5 Å². The van der Waals surface area contributed by atoms with Gasteiger partial charge in [0.25, 0.3) is 0 Å². The summed E-state index contributed by atoms with van der Waals surface area (Å²) in [7, 11) is 0. The van der Waals surface area contributed by atoms with Crippen LogP contribution in [0.15, 0.2) is 18.2 Å². The van der Waals surface area contributed by atoms with Gasteiger partial charge in [-0.2, -0.15) is 0 Å². The summed E-state index contributed by atoms with van der Waals surface area (Å²) in [5.74, 6) is 0.434. The Labute approximate surface area is 70.1 Å². The van der Waals surface area contributed by atoms with Crippen molar-refractivity contribution in [2.75, 3.05) is 0 Å². The van der Waals surface area contributed by atoms with E-state index in [-0.39, 0.29) is 18.2 Å². The minimum Gasteiger partial charge on any atom is -0.508 e. The molecule has 0 amide bonds. The molecule has 0 aliphatic carbocycles. The summed E-state index contributed by atoms with van der Waals surface area (Å²) in [6, 6.07) is 4.95. The third-order valence-corrected chi connectivity index (χ3v) is 1.76. The summed E-state index contributed by atoms with van der Waals surface area (Å²) in [6.45, 7) is -0.0594. The van der Waals surface area contributed by atoms with Crippen LogP contribution in [-0.4, -0.2) is 10.2 Å². The normalized spacial score (nSPS) is 10.0. The molecule has 60 valence electrons. The maximum Gasteiger partial charge on any atom is 0.120 e. The predicted molar refractivity (Wildman–Crippen MR) is 43.6 cm³/mol. The van der Waals surface area contributed by atoms with Gasteiger partial charge in [0.15, 0.2) is 0 Å². The lowest BCUT2D eigenvalue weighted by molar-refractivity contribution is 0.281. The fraction of sp³-hybridized carbons (Fsp3) is 0.250. The lowest BCUT2D eigenvalue weighted by Gasteiger charge is -2.01. The number of rotatable bonds is 2. The molecule has 11 heavy (non-hydrogen) atoms. The van der Waals surface area contributed by atoms with Gasteiger partial charge < -0.3 is 10.2 Å². The summed E-state index contributed by atoms with van der Waals surface area (Å²) in [5, 5.41) is 17.9. The lowest BCUT2D eigenvalue weighted by Crippen LogP contribution is -1.85. The summed E-state index contributed by atoms with van der Waals surface area (Å²) in [6.07, 6.45) is 0. The Morgan fingerprint density at radius 3 is 2.55 bits per heavy atom. The number of aliphatic hydroxyl groups excluding tert-OH is 1. The fourth-order valence-corrected chi connectivity index (χ4v) is 1.05. The second kappa shape index (κ2) is 3.60. The minimum atomic E-state index is -0.0594. The molecule has 0 saturated heterocycles. The van der Waals surface area contributed by atoms with Gasteiger partial charge in [0.2, 0.25) is 0 Å². The summed E-state index contributed by atoms with van der Waals surface area (Å²) >= 11 is 5.51. The van der Waals surface area contributed by atoms with Crippen molar-refractivity contribution >= 4 is 11.6 Å². The van der Waals surface area contributed by atoms with Gasteiger partial charge in [-0.15, -0.1) is 11.6 Å². The number of aromatic hydroxyl groups is 1. The van der Waals surface area contributed by atoms with Gasteiger partial charge >= 0.3 is 0 Å². The van der Waals surface area contributed by atoms with Crippen LogP contribution in [0.5, 0.6) is 5.75 Å². The molecule has 0 atom stereocenters. The van der Waals surface area contributed by atoms with E-state index in [4.69, 9.17) is 16.7 Å². The smallest absolute Gasteiger partial charge is 0.120 e. The molecule has 2 nitrogen and oxygen atoms in total. The van der Waals surface area contributed by atoms with Crippen LogP contribution in [0, 0.1) is 0 Å². The highest BCUT2D eigenvalue weighted by molar-refractivity contribution is 6.17. The second-order valence-electron chi connectivity index (χ2n) is 2.25. The highest BCUT2D eigenvalue weighted by atomic mass is 35.5. The Morgan fingerprint density at radius 1 is 1.36 bits per heavy atom. The third-order valence-electron chi connectivity index (χ3n) is 1.48. The molecule has 0 aromatic heterocycles. The van der Waals surface area contributed by atoms with Crippen molar-refractivity contribution in [1.29, 1.82) is 0 Å². The average Bonchev–Trinajstić information content (AvgIpc) is 2.04. The van der Waals surface area contributed by atoms with Crippen LogP contribution < -0.4 is 0 Å². The Balaban J connectivity index is 2.99. The number of aliphatic hydroxyl groups is 1. The van der Waals surface area contributed by atoms with Crippen molar-refractivity contribution in [2.24, 2.45) is 0 Å². The molecule has 0 fully saturated rings. The molecule has 3 heteroatoms. The van der Waals surface area contributed by atoms with Gasteiger partial charge in [0.1, 0.15) is 5.75 Å². The summed E-state index contributed by atoms with van der Waals surface area (Å²) in [4.78, 5) is 0. The number of hydrogen-bond donors (Lipinski definition) is 2. The van der Waals surface area contributed by atoms with Gasteiger partial charge in [-0.1, -0.05) is 12.1 Å². The Kier molecular flexibility index (Phi) is 2.74. The second-order valence-corrected chi connectivity index (χ2v) is 2.52. The molecule has 0 heterocycles. The number of alkyl halides is 1. The number of phenolic OH excluding ortho intramolecular Hbond substituents is 1. The molecule has 0 saturated carbocycles. The first-order chi connectivity index (χ1) is 5.27. The molecule has 0 aliphatic heterocycles. The Morgan fingerprint density at radius 2 is 2.09 bits per heavy atom. The van der Waals surface area contributed by atoms with Crippen LogP contribution >= 0.6 is 11.6 Å². The minimum absolute atomic E-state index is 0.0594. The average molecular weight is 173 g/mol. The zero-order valence-corrected chi connectivity index (χ0v) is 6.67. The number of benzene rings is 1. The highest BCUT2D eigenvalue weighted by Crippen LogP contribution is 2.20. The molecule has 1 aromatic rings. The topological polar surface area (TPSA) is 40.5 Å². The molecule has 0 unspecified atom stereocenters. The SMILES string of the molecule is OCc1ccc(CCl)c(O)c1. The van der Waals surface area contributed by atoms with Crippen LogP contribution in [0.25, 0.3) is 0 Å². The van der Waals surface area contributed by atoms with Crippen LogP contribution in [0.1, 0.15) is 11.1 Å². The molecule has 0 radical (unpaired) electrons. The molecular formula is C8H9ClO2. The van der Waals surface area contributed by atoms with Crippen molar-refractivity contribution in [3.63, 3.8) is 0 Å². The van der Waals surface area contributed by atoms with E-state index in [1.807, 2.05) is 0 Å². The lowest BCUT2D eigenvalue weighted by atomic mass is 10.1. The first kappa shape index (κ1) is 8.37. The molecule has 0 bridgehead atoms. The van der Waals surface area contributed by atoms with Crippen molar-refractivity contribution in [3.8, 4) is 5.75 Å². The van der Waals surface area contributed by atoms with Crippen molar-refractivity contribution in [1.82, 2.24) is 0 Å². The first-order valence-corrected chi connectivity index (χ1v) is 3.79. The van der Waals surface area contributed by atoms with Crippen LogP contribution in [0.3, 0.4) is 0 Å². The van der Waals surface area contributed by atoms with E-state index < -0.39 is 0 Å². The van der Waals surface area contributed by atoms with E-state index in [9.17, 15) is 5.11 Å². The number of hydrogen-bond acceptors (Lipinski definition) is 2. The van der Waals surface area contributed by atoms with Gasteiger partial charge in [-0.3, -0.25) is 0 Å². The van der Waals surface area contributed by atoms with E-state index in [1.54, 1.807) is 12.1 Å². The highest BCUT2D eigenvalue weighted by Gasteiger charge is 1.99.